The highest BCUT2D eigenvalue weighted by Gasteiger charge is 2.15. The monoisotopic (exact) mass is 468 g/mol. The van der Waals surface area contributed by atoms with Crippen LogP contribution < -0.4 is 10.6 Å². The summed E-state index contributed by atoms with van der Waals surface area (Å²) in [7, 11) is 0. The van der Waals surface area contributed by atoms with Crippen molar-refractivity contribution in [2.24, 2.45) is 5.92 Å². The van der Waals surface area contributed by atoms with Crippen LogP contribution in [0.15, 0.2) is 40.1 Å². The highest BCUT2D eigenvalue weighted by Crippen LogP contribution is 2.20. The molecule has 1 aromatic carbocycles. The van der Waals surface area contributed by atoms with Crippen LogP contribution in [0.3, 0.4) is 0 Å². The number of amides is 2. The second-order valence-electron chi connectivity index (χ2n) is 6.65. The standard InChI is InChI=1S/C19H25BrN4O3S/c1-13(2)7-8-21-17(26)10-24-16(11-25)9-22-19(24)28-12-18(27)23-15-5-3-14(20)4-6-15/h3-6,9,13,25H,7-8,10-12H2,1-2H3,(H,21,26)(H,23,27). The van der Waals surface area contributed by atoms with Gasteiger partial charge in [-0.05, 0) is 36.6 Å². The maximum Gasteiger partial charge on any atom is 0.240 e. The molecule has 0 unspecified atom stereocenters. The SMILES string of the molecule is CC(C)CCNC(=O)Cn1c(CO)cnc1SCC(=O)Nc1ccc(Br)cc1. The van der Waals surface area contributed by atoms with Crippen molar-refractivity contribution in [1.29, 1.82) is 0 Å². The number of aliphatic hydroxyl groups is 1. The van der Waals surface area contributed by atoms with Gasteiger partial charge < -0.3 is 20.3 Å². The van der Waals surface area contributed by atoms with E-state index >= 15 is 0 Å². The summed E-state index contributed by atoms with van der Waals surface area (Å²) >= 11 is 4.58. The Morgan fingerprint density at radius 3 is 2.61 bits per heavy atom. The fraction of sp³-hybridized carbons (Fsp3) is 0.421. The summed E-state index contributed by atoms with van der Waals surface area (Å²) < 4.78 is 2.58. The topological polar surface area (TPSA) is 96.2 Å². The summed E-state index contributed by atoms with van der Waals surface area (Å²) in [5.74, 6) is 0.340. The minimum atomic E-state index is -0.224. The van der Waals surface area contributed by atoms with E-state index in [1.54, 1.807) is 16.7 Å². The Morgan fingerprint density at radius 1 is 1.25 bits per heavy atom. The predicted molar refractivity (Wildman–Crippen MR) is 114 cm³/mol. The average Bonchev–Trinajstić information content (AvgIpc) is 3.03. The summed E-state index contributed by atoms with van der Waals surface area (Å²) in [6.45, 7) is 4.64. The number of rotatable bonds is 10. The van der Waals surface area contributed by atoms with Gasteiger partial charge in [0.2, 0.25) is 11.8 Å². The molecule has 152 valence electrons. The molecule has 0 saturated carbocycles. The molecule has 0 aliphatic rings. The lowest BCUT2D eigenvalue weighted by atomic mass is 10.1. The van der Waals surface area contributed by atoms with E-state index in [1.165, 1.54) is 18.0 Å². The first-order valence-electron chi connectivity index (χ1n) is 8.99. The Hall–Kier alpha value is -1.84. The van der Waals surface area contributed by atoms with E-state index in [1.807, 2.05) is 12.1 Å². The Balaban J connectivity index is 1.92. The quantitative estimate of drug-likeness (QED) is 0.465. The Kier molecular flexibility index (Phi) is 9.01. The number of thioether (sulfide) groups is 1. The molecule has 0 aliphatic heterocycles. The van der Waals surface area contributed by atoms with Gasteiger partial charge >= 0.3 is 0 Å². The third-order valence-electron chi connectivity index (χ3n) is 3.87. The number of aromatic nitrogens is 2. The third-order valence-corrected chi connectivity index (χ3v) is 5.39. The minimum absolute atomic E-state index is 0.0602. The molecule has 0 atom stereocenters. The molecule has 9 heteroatoms. The molecule has 1 aromatic heterocycles. The van der Waals surface area contributed by atoms with Gasteiger partial charge in [-0.1, -0.05) is 41.5 Å². The van der Waals surface area contributed by atoms with Gasteiger partial charge in [-0.15, -0.1) is 0 Å². The first-order valence-corrected chi connectivity index (χ1v) is 10.8. The van der Waals surface area contributed by atoms with Crippen molar-refractivity contribution in [2.45, 2.75) is 38.6 Å². The second kappa shape index (κ2) is 11.2. The van der Waals surface area contributed by atoms with E-state index in [4.69, 9.17) is 0 Å². The Morgan fingerprint density at radius 2 is 1.96 bits per heavy atom. The van der Waals surface area contributed by atoms with E-state index in [2.05, 4.69) is 45.4 Å². The molecule has 2 aromatic rings. The Labute approximate surface area is 177 Å². The number of hydrogen-bond acceptors (Lipinski definition) is 5. The van der Waals surface area contributed by atoms with Crippen molar-refractivity contribution < 1.29 is 14.7 Å². The van der Waals surface area contributed by atoms with E-state index in [0.29, 0.717) is 29.0 Å². The maximum absolute atomic E-state index is 12.2. The van der Waals surface area contributed by atoms with Gasteiger partial charge in [-0.25, -0.2) is 4.98 Å². The number of carbonyl (C=O) groups is 2. The highest BCUT2D eigenvalue weighted by atomic mass is 79.9. The fourth-order valence-electron chi connectivity index (χ4n) is 2.36. The van der Waals surface area contributed by atoms with Crippen LogP contribution in [0.1, 0.15) is 26.0 Å². The molecule has 2 rings (SSSR count). The van der Waals surface area contributed by atoms with E-state index < -0.39 is 0 Å². The van der Waals surface area contributed by atoms with Crippen LogP contribution in [0, 0.1) is 5.92 Å². The minimum Gasteiger partial charge on any atom is -0.390 e. The van der Waals surface area contributed by atoms with Crippen LogP contribution in [-0.4, -0.2) is 38.8 Å². The highest BCUT2D eigenvalue weighted by molar-refractivity contribution is 9.10. The molecule has 2 amide bonds. The van der Waals surface area contributed by atoms with Gasteiger partial charge in [0.05, 0.1) is 24.3 Å². The van der Waals surface area contributed by atoms with Gasteiger partial charge in [-0.3, -0.25) is 9.59 Å². The number of imidazole rings is 1. The zero-order valence-electron chi connectivity index (χ0n) is 15.9. The van der Waals surface area contributed by atoms with Crippen molar-refractivity contribution in [1.82, 2.24) is 14.9 Å². The van der Waals surface area contributed by atoms with E-state index in [9.17, 15) is 14.7 Å². The average molecular weight is 469 g/mol. The van der Waals surface area contributed by atoms with Crippen LogP contribution in [0.25, 0.3) is 0 Å². The fourth-order valence-corrected chi connectivity index (χ4v) is 3.42. The summed E-state index contributed by atoms with van der Waals surface area (Å²) in [5.41, 5.74) is 1.24. The number of carbonyl (C=O) groups excluding carboxylic acids is 2. The van der Waals surface area contributed by atoms with Crippen molar-refractivity contribution in [2.75, 3.05) is 17.6 Å². The van der Waals surface area contributed by atoms with Crippen LogP contribution in [0.4, 0.5) is 5.69 Å². The Bertz CT molecular complexity index is 793. The van der Waals surface area contributed by atoms with Gasteiger partial charge in [0, 0.05) is 16.7 Å². The number of halogens is 1. The second-order valence-corrected chi connectivity index (χ2v) is 8.51. The smallest absolute Gasteiger partial charge is 0.240 e. The molecule has 3 N–H and O–H groups in total. The van der Waals surface area contributed by atoms with Crippen molar-refractivity contribution in [3.63, 3.8) is 0 Å². The van der Waals surface area contributed by atoms with E-state index in [0.717, 1.165) is 10.9 Å². The summed E-state index contributed by atoms with van der Waals surface area (Å²) in [6, 6.07) is 7.31. The third kappa shape index (κ3) is 7.29. The molecule has 0 bridgehead atoms. The number of benzene rings is 1. The molecule has 1 heterocycles. The number of nitrogens with zero attached hydrogens (tertiary/aromatic N) is 2. The molecular formula is C19H25BrN4O3S. The molecule has 0 saturated heterocycles. The molecule has 7 nitrogen and oxygen atoms in total. The number of anilines is 1. The summed E-state index contributed by atoms with van der Waals surface area (Å²) in [4.78, 5) is 28.6. The number of aliphatic hydroxyl groups excluding tert-OH is 1. The lowest BCUT2D eigenvalue weighted by Gasteiger charge is -2.12. The normalized spacial score (nSPS) is 10.9. The molecule has 0 spiro atoms. The maximum atomic E-state index is 12.2. The lowest BCUT2D eigenvalue weighted by Crippen LogP contribution is -2.30. The van der Waals surface area contributed by atoms with Crippen LogP contribution in [0.2, 0.25) is 0 Å². The van der Waals surface area contributed by atoms with Crippen LogP contribution >= 0.6 is 27.7 Å². The van der Waals surface area contributed by atoms with Crippen molar-refractivity contribution >= 4 is 45.2 Å². The molecule has 0 fully saturated rings. The number of hydrogen-bond donors (Lipinski definition) is 3. The zero-order valence-corrected chi connectivity index (χ0v) is 18.3. The first kappa shape index (κ1) is 22.4. The molecule has 0 radical (unpaired) electrons. The van der Waals surface area contributed by atoms with Gasteiger partial charge in [0.25, 0.3) is 0 Å². The molecule has 0 aliphatic carbocycles. The van der Waals surface area contributed by atoms with Crippen LogP contribution in [-0.2, 0) is 22.7 Å². The lowest BCUT2D eigenvalue weighted by molar-refractivity contribution is -0.121. The molecular weight excluding hydrogens is 444 g/mol. The van der Waals surface area contributed by atoms with Crippen LogP contribution in [0.5, 0.6) is 0 Å². The van der Waals surface area contributed by atoms with E-state index in [-0.39, 0.29) is 30.7 Å². The largest absolute Gasteiger partial charge is 0.390 e. The number of nitrogens with one attached hydrogen (secondary N) is 2. The first-order chi connectivity index (χ1) is 13.4. The summed E-state index contributed by atoms with van der Waals surface area (Å²) in [6.07, 6.45) is 2.43. The van der Waals surface area contributed by atoms with Gasteiger partial charge in [0.1, 0.15) is 6.54 Å². The summed E-state index contributed by atoms with van der Waals surface area (Å²) in [5, 5.41) is 15.7. The zero-order chi connectivity index (χ0) is 20.5. The van der Waals surface area contributed by atoms with Crippen molar-refractivity contribution in [3.8, 4) is 0 Å². The predicted octanol–water partition coefficient (Wildman–Crippen LogP) is 3.03. The van der Waals surface area contributed by atoms with Gasteiger partial charge in [0.15, 0.2) is 5.16 Å². The molecule has 28 heavy (non-hydrogen) atoms. The van der Waals surface area contributed by atoms with Crippen molar-refractivity contribution in [3.05, 3.63) is 40.6 Å². The van der Waals surface area contributed by atoms with Gasteiger partial charge in [-0.2, -0.15) is 0 Å².